The SMILES string of the molecule is Cc1ccc(CC(C)NC(=O)c2csc(C#CCN)c2)s1. The molecule has 0 spiro atoms. The molecule has 2 rings (SSSR count). The van der Waals surface area contributed by atoms with Crippen LogP contribution in [-0.4, -0.2) is 18.5 Å². The molecule has 3 nitrogen and oxygen atoms in total. The Labute approximate surface area is 133 Å². The molecule has 1 unspecified atom stereocenters. The largest absolute Gasteiger partial charge is 0.349 e. The van der Waals surface area contributed by atoms with Gasteiger partial charge < -0.3 is 11.1 Å². The van der Waals surface area contributed by atoms with E-state index in [9.17, 15) is 4.79 Å². The van der Waals surface area contributed by atoms with Crippen LogP contribution in [0.15, 0.2) is 23.6 Å². The van der Waals surface area contributed by atoms with Crippen molar-refractivity contribution in [3.63, 3.8) is 0 Å². The van der Waals surface area contributed by atoms with Crippen molar-refractivity contribution in [2.24, 2.45) is 5.73 Å². The van der Waals surface area contributed by atoms with Crippen LogP contribution in [-0.2, 0) is 6.42 Å². The van der Waals surface area contributed by atoms with Gasteiger partial charge in [-0.3, -0.25) is 4.79 Å². The van der Waals surface area contributed by atoms with Crippen molar-refractivity contribution in [3.8, 4) is 11.8 Å². The molecule has 110 valence electrons. The van der Waals surface area contributed by atoms with Crippen molar-refractivity contribution in [2.45, 2.75) is 26.3 Å². The highest BCUT2D eigenvalue weighted by molar-refractivity contribution is 7.12. The summed E-state index contributed by atoms with van der Waals surface area (Å²) in [5, 5.41) is 4.86. The first-order valence-electron chi connectivity index (χ1n) is 6.72. The maximum absolute atomic E-state index is 12.2. The molecule has 0 bridgehead atoms. The summed E-state index contributed by atoms with van der Waals surface area (Å²) < 4.78 is 0. The van der Waals surface area contributed by atoms with Crippen LogP contribution in [0.25, 0.3) is 0 Å². The molecule has 0 aliphatic carbocycles. The molecule has 2 heterocycles. The van der Waals surface area contributed by atoms with E-state index in [1.165, 1.54) is 21.1 Å². The second-order valence-corrected chi connectivity index (χ2v) is 7.08. The van der Waals surface area contributed by atoms with E-state index in [1.807, 2.05) is 18.4 Å². The Hall–Kier alpha value is -1.61. The van der Waals surface area contributed by atoms with Gasteiger partial charge in [0, 0.05) is 27.6 Å². The van der Waals surface area contributed by atoms with Gasteiger partial charge in [-0.25, -0.2) is 0 Å². The van der Waals surface area contributed by atoms with Crippen molar-refractivity contribution in [1.82, 2.24) is 5.32 Å². The lowest BCUT2D eigenvalue weighted by molar-refractivity contribution is 0.0940. The van der Waals surface area contributed by atoms with E-state index in [1.54, 1.807) is 11.3 Å². The highest BCUT2D eigenvalue weighted by Gasteiger charge is 2.12. The van der Waals surface area contributed by atoms with E-state index >= 15 is 0 Å². The molecule has 0 aromatic carbocycles. The van der Waals surface area contributed by atoms with Crippen molar-refractivity contribution in [1.29, 1.82) is 0 Å². The number of thiophene rings is 2. The van der Waals surface area contributed by atoms with Crippen LogP contribution in [0.1, 0.15) is 31.9 Å². The quantitative estimate of drug-likeness (QED) is 0.852. The topological polar surface area (TPSA) is 55.1 Å². The Kier molecular flexibility index (Phi) is 5.57. The summed E-state index contributed by atoms with van der Waals surface area (Å²) in [5.41, 5.74) is 6.00. The molecule has 0 aliphatic heterocycles. The Morgan fingerprint density at radius 1 is 1.48 bits per heavy atom. The summed E-state index contributed by atoms with van der Waals surface area (Å²) in [7, 11) is 0. The average Bonchev–Trinajstić information content (AvgIpc) is 3.05. The molecule has 3 N–H and O–H groups in total. The lowest BCUT2D eigenvalue weighted by Gasteiger charge is -2.12. The average molecular weight is 318 g/mol. The lowest BCUT2D eigenvalue weighted by Crippen LogP contribution is -2.33. The van der Waals surface area contributed by atoms with Crippen LogP contribution in [0, 0.1) is 18.8 Å². The van der Waals surface area contributed by atoms with Gasteiger partial charge in [0.25, 0.3) is 5.91 Å². The maximum Gasteiger partial charge on any atom is 0.252 e. The Bertz CT molecular complexity index is 676. The number of hydrogen-bond acceptors (Lipinski definition) is 4. The zero-order valence-corrected chi connectivity index (χ0v) is 13.7. The van der Waals surface area contributed by atoms with Gasteiger partial charge in [-0.2, -0.15) is 0 Å². The molecule has 2 aromatic heterocycles. The summed E-state index contributed by atoms with van der Waals surface area (Å²) in [6.07, 6.45) is 0.855. The first-order valence-corrected chi connectivity index (χ1v) is 8.41. The number of rotatable bonds is 4. The Morgan fingerprint density at radius 3 is 2.95 bits per heavy atom. The van der Waals surface area contributed by atoms with E-state index in [-0.39, 0.29) is 11.9 Å². The second-order valence-electron chi connectivity index (χ2n) is 4.80. The molecule has 1 atom stereocenters. The van der Waals surface area contributed by atoms with Crippen molar-refractivity contribution < 1.29 is 4.79 Å². The van der Waals surface area contributed by atoms with Crippen LogP contribution < -0.4 is 11.1 Å². The predicted molar refractivity (Wildman–Crippen MR) is 89.9 cm³/mol. The third-order valence-electron chi connectivity index (χ3n) is 2.86. The van der Waals surface area contributed by atoms with E-state index < -0.39 is 0 Å². The summed E-state index contributed by atoms with van der Waals surface area (Å²) in [4.78, 5) is 15.6. The fraction of sp³-hybridized carbons (Fsp3) is 0.312. The van der Waals surface area contributed by atoms with E-state index in [0.717, 1.165) is 11.3 Å². The Balaban J connectivity index is 1.92. The zero-order valence-electron chi connectivity index (χ0n) is 12.1. The molecule has 0 aliphatic rings. The van der Waals surface area contributed by atoms with Crippen LogP contribution >= 0.6 is 22.7 Å². The summed E-state index contributed by atoms with van der Waals surface area (Å²) >= 11 is 3.24. The highest BCUT2D eigenvalue weighted by atomic mass is 32.1. The number of hydrogen-bond donors (Lipinski definition) is 2. The minimum Gasteiger partial charge on any atom is -0.349 e. The number of carbonyl (C=O) groups excluding carboxylic acids is 1. The molecule has 1 amide bonds. The van der Waals surface area contributed by atoms with Crippen molar-refractivity contribution in [3.05, 3.63) is 43.8 Å². The molecule has 0 fully saturated rings. The minimum atomic E-state index is -0.0483. The standard InChI is InChI=1S/C16H18N2OS2/c1-11(8-15-6-5-12(2)21-15)18-16(19)13-9-14(20-10-13)4-3-7-17/h5-6,9-11H,7-8,17H2,1-2H3,(H,18,19). The van der Waals surface area contributed by atoms with Gasteiger partial charge in [0.1, 0.15) is 0 Å². The van der Waals surface area contributed by atoms with Gasteiger partial charge >= 0.3 is 0 Å². The number of nitrogens with one attached hydrogen (secondary N) is 1. The monoisotopic (exact) mass is 318 g/mol. The smallest absolute Gasteiger partial charge is 0.252 e. The maximum atomic E-state index is 12.2. The molecule has 0 saturated carbocycles. The molecule has 2 aromatic rings. The number of aryl methyl sites for hydroxylation is 1. The number of amides is 1. The molecule has 0 saturated heterocycles. The van der Waals surface area contributed by atoms with Crippen LogP contribution in [0.4, 0.5) is 0 Å². The Morgan fingerprint density at radius 2 is 2.29 bits per heavy atom. The zero-order chi connectivity index (χ0) is 15.2. The van der Waals surface area contributed by atoms with E-state index in [4.69, 9.17) is 5.73 Å². The van der Waals surface area contributed by atoms with Crippen LogP contribution in [0.5, 0.6) is 0 Å². The third-order valence-corrected chi connectivity index (χ3v) is 4.72. The summed E-state index contributed by atoms with van der Waals surface area (Å²) in [6.45, 7) is 4.44. The molecular weight excluding hydrogens is 300 g/mol. The molecule has 5 heteroatoms. The van der Waals surface area contributed by atoms with Crippen LogP contribution in [0.3, 0.4) is 0 Å². The van der Waals surface area contributed by atoms with Gasteiger partial charge in [-0.15, -0.1) is 22.7 Å². The van der Waals surface area contributed by atoms with Gasteiger partial charge in [0.2, 0.25) is 0 Å². The van der Waals surface area contributed by atoms with Gasteiger partial charge in [-0.05, 0) is 32.0 Å². The molecular formula is C16H18N2OS2. The first-order chi connectivity index (χ1) is 10.1. The highest BCUT2D eigenvalue weighted by Crippen LogP contribution is 2.17. The summed E-state index contributed by atoms with van der Waals surface area (Å²) in [6, 6.07) is 6.14. The van der Waals surface area contributed by atoms with Gasteiger partial charge in [0.05, 0.1) is 17.0 Å². The van der Waals surface area contributed by atoms with E-state index in [2.05, 4.69) is 36.2 Å². The predicted octanol–water partition coefficient (Wildman–Crippen LogP) is 2.79. The normalized spacial score (nSPS) is 11.6. The van der Waals surface area contributed by atoms with Crippen molar-refractivity contribution in [2.75, 3.05) is 6.54 Å². The second kappa shape index (κ2) is 7.41. The lowest BCUT2D eigenvalue weighted by atomic mass is 10.2. The van der Waals surface area contributed by atoms with Crippen LogP contribution in [0.2, 0.25) is 0 Å². The minimum absolute atomic E-state index is 0.0483. The van der Waals surface area contributed by atoms with E-state index in [0.29, 0.717) is 12.1 Å². The number of carbonyl (C=O) groups is 1. The first kappa shape index (κ1) is 15.8. The molecule has 0 radical (unpaired) electrons. The fourth-order valence-electron chi connectivity index (χ4n) is 1.91. The fourth-order valence-corrected chi connectivity index (χ4v) is 3.69. The van der Waals surface area contributed by atoms with Gasteiger partial charge in [0.15, 0.2) is 0 Å². The summed E-state index contributed by atoms with van der Waals surface area (Å²) in [5.74, 6) is 5.68. The molecule has 21 heavy (non-hydrogen) atoms. The van der Waals surface area contributed by atoms with Gasteiger partial charge in [-0.1, -0.05) is 11.8 Å². The third kappa shape index (κ3) is 4.71. The van der Waals surface area contributed by atoms with Crippen molar-refractivity contribution >= 4 is 28.6 Å². The number of nitrogens with two attached hydrogens (primary N) is 1.